The number of hydrogen-bond acceptors (Lipinski definition) is 25. The van der Waals surface area contributed by atoms with Gasteiger partial charge in [-0.2, -0.15) is 5.10 Å². The number of amides is 12. The van der Waals surface area contributed by atoms with Gasteiger partial charge in [0.1, 0.15) is 80.4 Å². The van der Waals surface area contributed by atoms with Crippen LogP contribution in [0.25, 0.3) is 54.8 Å². The Balaban J connectivity index is 0.000000156. The summed E-state index contributed by atoms with van der Waals surface area (Å²) in [6.45, 7) is 9.21. The fraction of sp³-hybridized carbons (Fsp3) is 0.527. The molecule has 0 radical (unpaired) electrons. The number of rotatable bonds is 33. The van der Waals surface area contributed by atoms with Gasteiger partial charge in [-0.3, -0.25) is 72.2 Å². The van der Waals surface area contributed by atoms with Gasteiger partial charge in [0.05, 0.1) is 40.9 Å². The number of carbonyl (C=O) groups is 12. The average Bonchev–Trinajstić information content (AvgIpc) is 1.64. The zero-order valence-electron chi connectivity index (χ0n) is 86.7. The van der Waals surface area contributed by atoms with Crippen LogP contribution in [0.5, 0.6) is 0 Å². The van der Waals surface area contributed by atoms with E-state index in [4.69, 9.17) is 10.7 Å². The molecule has 0 bridgehead atoms. The normalized spacial score (nSPS) is 19.8. The Morgan fingerprint density at radius 1 is 0.439 bits per heavy atom. The lowest BCUT2D eigenvalue weighted by Crippen LogP contribution is -2.58. The molecule has 17 rings (SSSR count). The van der Waals surface area contributed by atoms with Gasteiger partial charge in [0.15, 0.2) is 5.82 Å². The first kappa shape index (κ1) is 111. The summed E-state index contributed by atoms with van der Waals surface area (Å²) in [5.74, 6) is -1.56. The first-order valence-electron chi connectivity index (χ1n) is 53.1. The smallest absolute Gasteiger partial charge is 0.249 e. The van der Waals surface area contributed by atoms with Crippen LogP contribution in [0.15, 0.2) is 158 Å². The Morgan fingerprint density at radius 3 is 1.22 bits per heavy atom. The Kier molecular flexibility index (Phi) is 41.1. The van der Waals surface area contributed by atoms with Gasteiger partial charge in [-0.25, -0.2) is 4.98 Å². The van der Waals surface area contributed by atoms with Crippen LogP contribution in [0.3, 0.4) is 0 Å². The Morgan fingerprint density at radius 2 is 0.818 bits per heavy atom. The van der Waals surface area contributed by atoms with E-state index in [2.05, 4.69) is 77.8 Å². The van der Waals surface area contributed by atoms with E-state index in [1.807, 2.05) is 153 Å². The van der Waals surface area contributed by atoms with Crippen LogP contribution in [0.1, 0.15) is 214 Å². The van der Waals surface area contributed by atoms with Crippen LogP contribution in [0.2, 0.25) is 0 Å². The maximum atomic E-state index is 14.0. The Labute approximate surface area is 880 Å². The number of nitrogens with zero attached hydrogens (tertiary/aromatic N) is 12. The molecule has 4 saturated heterocycles. The monoisotopic (exact) mass is 2080 g/mol. The first-order chi connectivity index (χ1) is 71.7. The van der Waals surface area contributed by atoms with Gasteiger partial charge in [-0.05, 0) is 197 Å². The fourth-order valence-corrected chi connectivity index (χ4v) is 23.8. The number of carbonyl (C=O) groups excluding carboxylic acids is 12. The minimum Gasteiger partial charge on any atom is -0.343 e. The maximum absolute atomic E-state index is 14.0. The van der Waals surface area contributed by atoms with Crippen LogP contribution in [0, 0.1) is 23.7 Å². The van der Waals surface area contributed by atoms with E-state index in [0.29, 0.717) is 91.2 Å². The van der Waals surface area contributed by atoms with Crippen molar-refractivity contribution in [1.29, 1.82) is 0 Å². The minimum absolute atomic E-state index is 0.0592. The number of nitrogens with two attached hydrogens (primary N) is 1. The van der Waals surface area contributed by atoms with E-state index in [-0.39, 0.29) is 101 Å². The van der Waals surface area contributed by atoms with E-state index < -0.39 is 66.5 Å². The highest BCUT2D eigenvalue weighted by Crippen LogP contribution is 2.42. The molecule has 8 fully saturated rings. The molecule has 4 aromatic carbocycles. The largest absolute Gasteiger partial charge is 0.343 e. The summed E-state index contributed by atoms with van der Waals surface area (Å²) in [7, 11) is 8.77. The highest BCUT2D eigenvalue weighted by atomic mass is 32.1. The second-order valence-electron chi connectivity index (χ2n) is 40.1. The van der Waals surface area contributed by atoms with Gasteiger partial charge in [-0.15, -0.1) is 27.8 Å². The number of likely N-dealkylation sites (tertiary alicyclic amines) is 4. The molecular formula is C110H147N23O12S3. The SMILES string of the molecule is CC[C@H](N)C(=O)N[C@H](C(=O)N1CCC[C@H]1C(=O)Nc1snnc1-c1ccccc1)C1CCCCC1.CN[C@@H](C)C(=O)N[C@H](C(=O)N1CCC[C@H]1C(=O)N(C)c1cn(C)nc1-c1ccccc1)C1CCCCC1.CN[C@@H](C)C(=O)N[C@H](C(=O)N1CCC[C@H]1C(=O)Nc1nc(-c2cnccn2)sc1-c1ccccc1)C1CCCCC1.CN[C@@H](C)C(=O)N[C@H](C(=O)N1CCC[C@H]1C(=O)Nc1sccc1-c1ccccc1)C1CCCCC1. The minimum atomic E-state index is -0.654. The van der Waals surface area contributed by atoms with Crippen LogP contribution in [-0.4, -0.2) is 252 Å². The number of benzene rings is 4. The second kappa shape index (κ2) is 54.6. The molecular weight excluding hydrogens is 1930 g/mol. The summed E-state index contributed by atoms with van der Waals surface area (Å²) >= 11 is 4.03. The van der Waals surface area contributed by atoms with Gasteiger partial charge >= 0.3 is 0 Å². The van der Waals surface area contributed by atoms with Crippen molar-refractivity contribution in [3.8, 4) is 54.8 Å². The number of hydrogen-bond donors (Lipinski definition) is 11. The first-order valence-corrected chi connectivity index (χ1v) is 55.6. The number of likely N-dealkylation sites (N-methyl/N-ethyl adjacent to an activating group) is 4. The summed E-state index contributed by atoms with van der Waals surface area (Å²) < 4.78 is 5.72. The van der Waals surface area contributed by atoms with Gasteiger partial charge in [-0.1, -0.05) is 210 Å². The van der Waals surface area contributed by atoms with Gasteiger partial charge in [0, 0.05) is 87.1 Å². The predicted molar refractivity (Wildman–Crippen MR) is 578 cm³/mol. The van der Waals surface area contributed by atoms with Crippen LogP contribution in [-0.2, 0) is 64.6 Å². The Bertz CT molecular complexity index is 5730. The lowest BCUT2D eigenvalue weighted by molar-refractivity contribution is -0.142. The summed E-state index contributed by atoms with van der Waals surface area (Å²) in [5.41, 5.74) is 13.4. The molecule has 4 aliphatic heterocycles. The van der Waals surface area contributed by atoms with E-state index >= 15 is 0 Å². The van der Waals surface area contributed by atoms with Crippen molar-refractivity contribution in [3.05, 3.63) is 158 Å². The van der Waals surface area contributed by atoms with Gasteiger partial charge in [0.2, 0.25) is 70.9 Å². The number of aryl methyl sites for hydroxylation is 1. The van der Waals surface area contributed by atoms with Crippen molar-refractivity contribution in [2.75, 3.05) is 75.2 Å². The van der Waals surface area contributed by atoms with Crippen LogP contribution >= 0.6 is 34.2 Å². The summed E-state index contributed by atoms with van der Waals surface area (Å²) in [5, 5.41) is 42.7. The number of nitrogens with one attached hydrogen (secondary N) is 10. The molecule has 35 nitrogen and oxygen atoms in total. The number of thiazole rings is 1. The highest BCUT2D eigenvalue weighted by molar-refractivity contribution is 7.19. The van der Waals surface area contributed by atoms with Crippen LogP contribution < -0.4 is 63.8 Å². The van der Waals surface area contributed by atoms with E-state index in [1.165, 1.54) is 22.7 Å². The molecule has 9 heterocycles. The van der Waals surface area contributed by atoms with E-state index in [9.17, 15) is 57.5 Å². The van der Waals surface area contributed by atoms with Crippen molar-refractivity contribution in [1.82, 2.24) is 91.1 Å². The standard InChI is InChI=1S/C30H37N7O3S.C28H40N6O3.C27H36N4O3S.C25H34N6O3S/c1-19(31-2)27(38)34-24(20-10-5-3-6-11-20)30(40)37-17-9-14-23(37)28(39)35-26-25(21-12-7-4-8-13-21)41-29(36-26)22-18-32-15-16-33-22;1-19(29-2)26(35)30-25(21-14-9-6-10-15-21)28(37)34-17-11-16-22(34)27(36)33(4)23-18-32(3)31-24(23)20-12-7-5-8-13-20;1-18(28-2)24(32)29-23(20-12-7-4-8-13-20)27(34)31-16-9-14-22(31)25(33)30-26-21(15-17-35-26)19-10-5-3-6-11-19;1-2-18(26)22(32)27-21(17-12-7-4-8-13-17)25(34)31-15-9-14-19(31)23(33)28-24-20(29-30-35-24)16-10-5-3-6-11-16/h4,7-8,12-13,15-16,18-20,23-24,31H,3,5-6,9-11,14,17H2,1-2H3,(H,34,38)(H,35,39);5,7-8,12-13,18-19,21-22,25,29H,6,9-11,14-17H2,1-4H3,(H,30,35);3,5-6,10-11,15,17-18,20,22-23,28H,4,7-9,12-14,16H2,1-2H3,(H,29,32)(H,30,33);3,5-6,10-11,17-19,21H,2,4,7-9,12-15,26H2,1H3,(H,27,32)(H,28,33)/t19-,23-,24-;19-,22-,25-;18-,22-,23-;18-,19-,21-/m0000/s1. The lowest BCUT2D eigenvalue weighted by Gasteiger charge is -2.35. The van der Waals surface area contributed by atoms with Crippen molar-refractivity contribution < 1.29 is 57.5 Å². The molecule has 5 aromatic heterocycles. The third-order valence-electron chi connectivity index (χ3n) is 30.3. The number of thiophene rings is 1. The molecule has 38 heteroatoms. The molecule has 8 aliphatic rings. The lowest BCUT2D eigenvalue weighted by atomic mass is 9.83. The van der Waals surface area contributed by atoms with E-state index in [0.717, 1.165) is 209 Å². The molecule has 4 aliphatic carbocycles. The average molecular weight is 2080 g/mol. The zero-order chi connectivity index (χ0) is 105. The summed E-state index contributed by atoms with van der Waals surface area (Å²) in [6, 6.07) is 34.4. The van der Waals surface area contributed by atoms with Crippen molar-refractivity contribution >= 4 is 127 Å². The molecule has 12 atom stereocenters. The predicted octanol–water partition coefficient (Wildman–Crippen LogP) is 13.5. The molecule has 0 unspecified atom stereocenters. The Hall–Kier alpha value is -12.5. The number of anilines is 4. The van der Waals surface area contributed by atoms with Crippen molar-refractivity contribution in [2.45, 2.75) is 286 Å². The molecule has 0 spiro atoms. The zero-order valence-corrected chi connectivity index (χ0v) is 89.1. The molecule has 12 N–H and O–H groups in total. The quantitative estimate of drug-likeness (QED) is 0.0182. The third kappa shape index (κ3) is 28.4. The van der Waals surface area contributed by atoms with Crippen molar-refractivity contribution in [2.24, 2.45) is 36.5 Å². The highest BCUT2D eigenvalue weighted by Gasteiger charge is 2.48. The summed E-state index contributed by atoms with van der Waals surface area (Å²) in [4.78, 5) is 183. The van der Waals surface area contributed by atoms with Crippen molar-refractivity contribution in [3.63, 3.8) is 0 Å². The fourth-order valence-electron chi connectivity index (χ4n) is 21.5. The van der Waals surface area contributed by atoms with Crippen LogP contribution in [0.4, 0.5) is 21.5 Å². The third-order valence-corrected chi connectivity index (χ3v) is 32.9. The molecule has 4 saturated carbocycles. The van der Waals surface area contributed by atoms with E-state index in [1.54, 1.807) is 96.7 Å². The molecule has 148 heavy (non-hydrogen) atoms. The molecule has 792 valence electrons. The van der Waals surface area contributed by atoms with Gasteiger partial charge < -0.3 is 83.4 Å². The van der Waals surface area contributed by atoms with Gasteiger partial charge in [0.25, 0.3) is 0 Å². The molecule has 12 amide bonds. The number of aromatic nitrogens is 7. The maximum Gasteiger partial charge on any atom is 0.249 e. The topological polar surface area (TPSA) is 450 Å². The molecule has 9 aromatic rings. The second-order valence-corrected chi connectivity index (χ2v) is 42.8. The summed E-state index contributed by atoms with van der Waals surface area (Å²) in [6.07, 6.45) is 32.7.